The van der Waals surface area contributed by atoms with E-state index in [1.54, 1.807) is 4.68 Å². The van der Waals surface area contributed by atoms with Gasteiger partial charge in [-0.2, -0.15) is 5.10 Å². The van der Waals surface area contributed by atoms with Gasteiger partial charge in [-0.1, -0.05) is 24.6 Å². The monoisotopic (exact) mass is 345 g/mol. The Hall–Kier alpha value is -1.95. The molecule has 134 valence electrons. The molecule has 0 saturated carbocycles. The van der Waals surface area contributed by atoms with Crippen molar-refractivity contribution in [2.45, 2.75) is 56.8 Å². The van der Waals surface area contributed by atoms with Gasteiger partial charge in [-0.3, -0.25) is 4.68 Å². The predicted octanol–water partition coefficient (Wildman–Crippen LogP) is 3.18. The molecule has 3 atom stereocenters. The number of alkyl halides is 1. The number of aromatic nitrogens is 2. The number of para-hydroxylation sites is 1. The third-order valence-corrected chi connectivity index (χ3v) is 5.72. The van der Waals surface area contributed by atoms with E-state index in [4.69, 9.17) is 4.74 Å². The van der Waals surface area contributed by atoms with Crippen LogP contribution in [0.2, 0.25) is 0 Å². The molecule has 0 N–H and O–H groups in total. The quantitative estimate of drug-likeness (QED) is 0.799. The average molecular weight is 345 g/mol. The second-order valence-corrected chi connectivity index (χ2v) is 7.18. The molecular formula is C19H24FN3O2. The number of piperidine rings is 2. The number of fused-ring (bicyclic) bond motifs is 3. The summed E-state index contributed by atoms with van der Waals surface area (Å²) in [5.74, 6) is -0.388. The molecule has 3 heterocycles. The van der Waals surface area contributed by atoms with Crippen molar-refractivity contribution in [1.82, 2.24) is 14.7 Å². The van der Waals surface area contributed by atoms with E-state index in [-0.39, 0.29) is 18.6 Å². The minimum absolute atomic E-state index is 0.0518. The van der Waals surface area contributed by atoms with E-state index in [2.05, 4.69) is 17.0 Å². The van der Waals surface area contributed by atoms with Crippen molar-refractivity contribution in [3.05, 3.63) is 30.0 Å². The minimum Gasteiger partial charge on any atom is -0.457 e. The van der Waals surface area contributed by atoms with E-state index in [9.17, 15) is 9.18 Å². The van der Waals surface area contributed by atoms with Crippen LogP contribution in [0.1, 0.15) is 42.6 Å². The summed E-state index contributed by atoms with van der Waals surface area (Å²) in [6, 6.07) is 8.44. The lowest BCUT2D eigenvalue weighted by Gasteiger charge is -2.46. The maximum absolute atomic E-state index is 12.8. The Labute approximate surface area is 146 Å². The lowest BCUT2D eigenvalue weighted by Crippen LogP contribution is -2.52. The van der Waals surface area contributed by atoms with Gasteiger partial charge in [-0.05, 0) is 26.0 Å². The number of hydrogen-bond donors (Lipinski definition) is 0. The van der Waals surface area contributed by atoms with Crippen LogP contribution in [0, 0.1) is 0 Å². The van der Waals surface area contributed by atoms with E-state index in [1.807, 2.05) is 24.3 Å². The van der Waals surface area contributed by atoms with Crippen LogP contribution in [0.4, 0.5) is 4.39 Å². The first-order valence-corrected chi connectivity index (χ1v) is 9.12. The number of rotatable bonds is 4. The van der Waals surface area contributed by atoms with Crippen LogP contribution in [-0.4, -0.2) is 52.6 Å². The number of benzene rings is 1. The molecular weight excluding hydrogens is 321 g/mol. The van der Waals surface area contributed by atoms with Gasteiger partial charge in [0.2, 0.25) is 0 Å². The largest absolute Gasteiger partial charge is 0.457 e. The molecule has 1 aromatic carbocycles. The van der Waals surface area contributed by atoms with Crippen molar-refractivity contribution in [3.63, 3.8) is 0 Å². The number of carbonyl (C=O) groups excluding carboxylic acids is 1. The van der Waals surface area contributed by atoms with Gasteiger partial charge in [0.25, 0.3) is 0 Å². The highest BCUT2D eigenvalue weighted by Gasteiger charge is 2.38. The summed E-state index contributed by atoms with van der Waals surface area (Å²) in [5, 5.41) is 5.05. The maximum atomic E-state index is 12.8. The van der Waals surface area contributed by atoms with Crippen molar-refractivity contribution < 1.29 is 13.9 Å². The summed E-state index contributed by atoms with van der Waals surface area (Å²) in [6.07, 6.45) is 5.34. The number of halogens is 1. The molecule has 0 spiro atoms. The Morgan fingerprint density at radius 2 is 2.00 bits per heavy atom. The van der Waals surface area contributed by atoms with E-state index in [1.165, 1.54) is 19.3 Å². The number of ether oxygens (including phenoxy) is 1. The number of nitrogens with zero attached hydrogens (tertiary/aromatic N) is 3. The molecule has 5 nitrogen and oxygen atoms in total. The SMILES string of the molecule is CN1[C@@H]2CCC[C@H]1CC(OC(=O)c1nn(CCF)c3ccccc13)C2. The molecule has 2 aromatic rings. The Balaban J connectivity index is 1.54. The minimum atomic E-state index is -0.515. The third kappa shape index (κ3) is 3.03. The molecule has 25 heavy (non-hydrogen) atoms. The standard InChI is InChI=1S/C19H24FN3O2/c1-22-13-5-4-6-14(22)12-15(11-13)25-19(24)18-16-7-2-3-8-17(16)23(21-18)10-9-20/h2-3,7-8,13-15H,4-6,9-12H2,1H3/t13-,14+,15?. The van der Waals surface area contributed by atoms with Crippen molar-refractivity contribution in [1.29, 1.82) is 0 Å². The topological polar surface area (TPSA) is 47.4 Å². The highest BCUT2D eigenvalue weighted by Crippen LogP contribution is 2.34. The van der Waals surface area contributed by atoms with Crippen LogP contribution in [0.3, 0.4) is 0 Å². The van der Waals surface area contributed by atoms with Gasteiger partial charge in [0.1, 0.15) is 12.8 Å². The van der Waals surface area contributed by atoms with Crippen molar-refractivity contribution >= 4 is 16.9 Å². The first kappa shape index (κ1) is 16.5. The Morgan fingerprint density at radius 1 is 1.28 bits per heavy atom. The first-order valence-electron chi connectivity index (χ1n) is 9.12. The van der Waals surface area contributed by atoms with Gasteiger partial charge < -0.3 is 9.64 Å². The molecule has 2 aliphatic rings. The number of carbonyl (C=O) groups is 1. The van der Waals surface area contributed by atoms with Crippen LogP contribution in [0.25, 0.3) is 10.9 Å². The summed E-state index contributed by atoms with van der Waals surface area (Å²) in [5.41, 5.74) is 1.07. The zero-order valence-electron chi connectivity index (χ0n) is 14.5. The van der Waals surface area contributed by atoms with Crippen LogP contribution in [-0.2, 0) is 11.3 Å². The van der Waals surface area contributed by atoms with E-state index in [0.717, 1.165) is 23.7 Å². The lowest BCUT2D eigenvalue weighted by molar-refractivity contribution is -0.0321. The van der Waals surface area contributed by atoms with Gasteiger partial charge in [-0.15, -0.1) is 0 Å². The molecule has 6 heteroatoms. The van der Waals surface area contributed by atoms with Crippen LogP contribution < -0.4 is 0 Å². The Kier molecular flexibility index (Phi) is 4.46. The zero-order chi connectivity index (χ0) is 17.4. The summed E-state index contributed by atoms with van der Waals surface area (Å²) in [6.45, 7) is -0.370. The van der Waals surface area contributed by atoms with E-state index in [0.29, 0.717) is 17.8 Å². The van der Waals surface area contributed by atoms with Gasteiger partial charge in [-0.25, -0.2) is 9.18 Å². The predicted molar refractivity (Wildman–Crippen MR) is 93.3 cm³/mol. The zero-order valence-corrected chi connectivity index (χ0v) is 14.5. The summed E-state index contributed by atoms with van der Waals surface area (Å²) < 4.78 is 20.2. The van der Waals surface area contributed by atoms with Crippen LogP contribution in [0.5, 0.6) is 0 Å². The molecule has 1 unspecified atom stereocenters. The molecule has 0 aliphatic carbocycles. The fraction of sp³-hybridized carbons (Fsp3) is 0.579. The van der Waals surface area contributed by atoms with Gasteiger partial charge >= 0.3 is 5.97 Å². The van der Waals surface area contributed by atoms with Gasteiger partial charge in [0.05, 0.1) is 12.1 Å². The Morgan fingerprint density at radius 3 is 2.72 bits per heavy atom. The Bertz CT molecular complexity index is 761. The van der Waals surface area contributed by atoms with Gasteiger partial charge in [0.15, 0.2) is 5.69 Å². The molecule has 2 bridgehead atoms. The van der Waals surface area contributed by atoms with Crippen molar-refractivity contribution in [2.75, 3.05) is 13.7 Å². The summed E-state index contributed by atoms with van der Waals surface area (Å²) >= 11 is 0. The number of aryl methyl sites for hydroxylation is 1. The highest BCUT2D eigenvalue weighted by atomic mass is 19.1. The number of hydrogen-bond acceptors (Lipinski definition) is 4. The molecule has 0 amide bonds. The molecule has 4 rings (SSSR count). The molecule has 2 aliphatic heterocycles. The second-order valence-electron chi connectivity index (χ2n) is 7.18. The smallest absolute Gasteiger partial charge is 0.359 e. The van der Waals surface area contributed by atoms with Crippen LogP contribution in [0.15, 0.2) is 24.3 Å². The maximum Gasteiger partial charge on any atom is 0.359 e. The molecule has 2 saturated heterocycles. The van der Waals surface area contributed by atoms with Crippen LogP contribution >= 0.6 is 0 Å². The van der Waals surface area contributed by atoms with Crippen molar-refractivity contribution in [2.24, 2.45) is 0 Å². The first-order chi connectivity index (χ1) is 12.2. The molecule has 1 aromatic heterocycles. The fourth-order valence-corrected chi connectivity index (χ4v) is 4.40. The third-order valence-electron chi connectivity index (χ3n) is 5.72. The lowest BCUT2D eigenvalue weighted by atomic mass is 9.83. The van der Waals surface area contributed by atoms with Gasteiger partial charge in [0, 0.05) is 30.3 Å². The summed E-state index contributed by atoms with van der Waals surface area (Å²) in [7, 11) is 2.18. The van der Waals surface area contributed by atoms with Crippen molar-refractivity contribution in [3.8, 4) is 0 Å². The second kappa shape index (κ2) is 6.75. The van der Waals surface area contributed by atoms with E-state index >= 15 is 0 Å². The average Bonchev–Trinajstić information content (AvgIpc) is 2.95. The highest BCUT2D eigenvalue weighted by molar-refractivity contribution is 6.02. The molecule has 2 fully saturated rings. The normalized spacial score (nSPS) is 26.7. The summed E-state index contributed by atoms with van der Waals surface area (Å²) in [4.78, 5) is 15.2. The fourth-order valence-electron chi connectivity index (χ4n) is 4.40. The van der Waals surface area contributed by atoms with E-state index < -0.39 is 6.67 Å². The number of esters is 1. The molecule has 0 radical (unpaired) electrons.